The van der Waals surface area contributed by atoms with Crippen LogP contribution in [0.5, 0.6) is 0 Å². The molecule has 0 atom stereocenters. The molecule has 0 saturated carbocycles. The van der Waals surface area contributed by atoms with Gasteiger partial charge in [-0.25, -0.2) is 0 Å². The normalized spacial score (nSPS) is 11.5. The lowest BCUT2D eigenvalue weighted by Crippen LogP contribution is -2.28. The van der Waals surface area contributed by atoms with Gasteiger partial charge in [-0.1, -0.05) is 25.1 Å². The maximum absolute atomic E-state index is 12.7. The van der Waals surface area contributed by atoms with Gasteiger partial charge in [-0.3, -0.25) is 9.40 Å². The average molecular weight is 308 g/mol. The monoisotopic (exact) mass is 308 g/mol. The predicted octanol–water partition coefficient (Wildman–Crippen LogP) is 1.73. The number of hydrogen-bond donors (Lipinski definition) is 2. The molecule has 1 aromatic heterocycles. The molecule has 2 aromatic rings. The number of aromatic amines is 1. The largest absolute Gasteiger partial charge is 0.313 e. The molecular weight excluding hydrogens is 288 g/mol. The van der Waals surface area contributed by atoms with Gasteiger partial charge in [-0.2, -0.15) is 13.5 Å². The Bertz CT molecular complexity index is 667. The number of nitrogens with zero attached hydrogens (tertiary/aromatic N) is 2. The van der Waals surface area contributed by atoms with E-state index >= 15 is 0 Å². The van der Waals surface area contributed by atoms with Crippen molar-refractivity contribution in [3.8, 4) is 0 Å². The summed E-state index contributed by atoms with van der Waals surface area (Å²) in [6.45, 7) is 3.37. The Hall–Kier alpha value is -1.86. The molecule has 6 nitrogen and oxygen atoms in total. The Labute approximate surface area is 125 Å². The predicted molar refractivity (Wildman–Crippen MR) is 82.6 cm³/mol. The molecule has 0 saturated heterocycles. The SMILES string of the molecule is CCCNCc1cn[nH]c1S(=O)(=O)N(C)c1ccccc1. The molecule has 7 heteroatoms. The fraction of sp³-hybridized carbons (Fsp3) is 0.357. The van der Waals surface area contributed by atoms with E-state index in [0.29, 0.717) is 17.8 Å². The van der Waals surface area contributed by atoms with Gasteiger partial charge in [0.05, 0.1) is 11.9 Å². The van der Waals surface area contributed by atoms with Gasteiger partial charge in [0, 0.05) is 19.2 Å². The molecule has 0 bridgehead atoms. The van der Waals surface area contributed by atoms with Gasteiger partial charge >= 0.3 is 0 Å². The third-order valence-corrected chi connectivity index (χ3v) is 4.96. The summed E-state index contributed by atoms with van der Waals surface area (Å²) in [6, 6.07) is 8.96. The van der Waals surface area contributed by atoms with Crippen molar-refractivity contribution in [3.63, 3.8) is 0 Å². The smallest absolute Gasteiger partial charge is 0.281 e. The lowest BCUT2D eigenvalue weighted by molar-refractivity contribution is 0.586. The van der Waals surface area contributed by atoms with Gasteiger partial charge in [-0.15, -0.1) is 0 Å². The lowest BCUT2D eigenvalue weighted by atomic mass is 10.3. The zero-order chi connectivity index (χ0) is 15.3. The second-order valence-corrected chi connectivity index (χ2v) is 6.62. The summed E-state index contributed by atoms with van der Waals surface area (Å²) in [7, 11) is -2.10. The molecule has 21 heavy (non-hydrogen) atoms. The van der Waals surface area contributed by atoms with Crippen LogP contribution >= 0.6 is 0 Å². The van der Waals surface area contributed by atoms with E-state index in [2.05, 4.69) is 22.4 Å². The van der Waals surface area contributed by atoms with Gasteiger partial charge in [0.1, 0.15) is 0 Å². The minimum absolute atomic E-state index is 0.137. The quantitative estimate of drug-likeness (QED) is 0.764. The van der Waals surface area contributed by atoms with E-state index in [1.807, 2.05) is 6.07 Å². The summed E-state index contributed by atoms with van der Waals surface area (Å²) in [6.07, 6.45) is 2.54. The Morgan fingerprint density at radius 3 is 2.67 bits per heavy atom. The minimum Gasteiger partial charge on any atom is -0.313 e. The molecule has 1 heterocycles. The molecule has 0 fully saturated rings. The number of aromatic nitrogens is 2. The molecule has 2 N–H and O–H groups in total. The van der Waals surface area contributed by atoms with Crippen molar-refractivity contribution in [1.82, 2.24) is 15.5 Å². The first-order valence-corrected chi connectivity index (χ1v) is 8.28. The number of para-hydroxylation sites is 1. The van der Waals surface area contributed by atoms with Crippen LogP contribution in [0.3, 0.4) is 0 Å². The Morgan fingerprint density at radius 1 is 1.29 bits per heavy atom. The van der Waals surface area contributed by atoms with Crippen molar-refractivity contribution in [2.45, 2.75) is 24.9 Å². The second-order valence-electron chi connectivity index (χ2n) is 4.71. The van der Waals surface area contributed by atoms with Crippen LogP contribution in [0, 0.1) is 0 Å². The Balaban J connectivity index is 2.26. The molecule has 0 aliphatic carbocycles. The van der Waals surface area contributed by atoms with Crippen molar-refractivity contribution >= 4 is 15.7 Å². The molecule has 1 aromatic carbocycles. The minimum atomic E-state index is -3.64. The number of nitrogens with one attached hydrogen (secondary N) is 2. The van der Waals surface area contributed by atoms with Crippen LogP contribution < -0.4 is 9.62 Å². The maximum Gasteiger partial charge on any atom is 0.281 e. The molecule has 0 aliphatic rings. The van der Waals surface area contributed by atoms with Crippen LogP contribution in [0.1, 0.15) is 18.9 Å². The Kier molecular flexibility index (Phi) is 4.98. The highest BCUT2D eigenvalue weighted by atomic mass is 32.2. The van der Waals surface area contributed by atoms with E-state index in [1.165, 1.54) is 11.4 Å². The maximum atomic E-state index is 12.7. The third-order valence-electron chi connectivity index (χ3n) is 3.16. The van der Waals surface area contributed by atoms with Crippen molar-refractivity contribution in [1.29, 1.82) is 0 Å². The molecule has 0 unspecified atom stereocenters. The van der Waals surface area contributed by atoms with Crippen LogP contribution in [0.15, 0.2) is 41.6 Å². The summed E-state index contributed by atoms with van der Waals surface area (Å²) >= 11 is 0. The van der Waals surface area contributed by atoms with Gasteiger partial charge in [0.15, 0.2) is 5.03 Å². The molecule has 114 valence electrons. The van der Waals surface area contributed by atoms with Crippen LogP contribution in [-0.2, 0) is 16.6 Å². The highest BCUT2D eigenvalue weighted by Crippen LogP contribution is 2.22. The highest BCUT2D eigenvalue weighted by Gasteiger charge is 2.26. The summed E-state index contributed by atoms with van der Waals surface area (Å²) in [5, 5.41) is 9.80. The van der Waals surface area contributed by atoms with Gasteiger partial charge in [0.25, 0.3) is 10.0 Å². The molecular formula is C14H20N4O2S. The first-order valence-electron chi connectivity index (χ1n) is 6.84. The van der Waals surface area contributed by atoms with E-state index in [4.69, 9.17) is 0 Å². The zero-order valence-electron chi connectivity index (χ0n) is 12.2. The molecule has 0 spiro atoms. The van der Waals surface area contributed by atoms with Gasteiger partial charge in [-0.05, 0) is 25.1 Å². The van der Waals surface area contributed by atoms with E-state index in [0.717, 1.165) is 13.0 Å². The fourth-order valence-electron chi connectivity index (χ4n) is 1.96. The zero-order valence-corrected chi connectivity index (χ0v) is 13.0. The van der Waals surface area contributed by atoms with E-state index < -0.39 is 10.0 Å². The number of sulfonamides is 1. The Morgan fingerprint density at radius 2 is 2.00 bits per heavy atom. The standard InChI is InChI=1S/C14H20N4O2S/c1-3-9-15-10-12-11-16-17-14(12)21(19,20)18(2)13-7-5-4-6-8-13/h4-8,11,15H,3,9-10H2,1-2H3,(H,16,17). The third kappa shape index (κ3) is 3.43. The summed E-state index contributed by atoms with van der Waals surface area (Å²) in [5.74, 6) is 0. The first-order chi connectivity index (χ1) is 10.1. The molecule has 0 aliphatic heterocycles. The lowest BCUT2D eigenvalue weighted by Gasteiger charge is -2.19. The van der Waals surface area contributed by atoms with Crippen LogP contribution in [0.2, 0.25) is 0 Å². The van der Waals surface area contributed by atoms with Crippen molar-refractivity contribution in [3.05, 3.63) is 42.1 Å². The number of H-pyrrole nitrogens is 1. The van der Waals surface area contributed by atoms with Crippen molar-refractivity contribution in [2.75, 3.05) is 17.9 Å². The number of benzene rings is 1. The fourth-order valence-corrected chi connectivity index (χ4v) is 3.26. The van der Waals surface area contributed by atoms with E-state index in [1.54, 1.807) is 30.5 Å². The summed E-state index contributed by atoms with van der Waals surface area (Å²) < 4.78 is 26.6. The van der Waals surface area contributed by atoms with Crippen molar-refractivity contribution < 1.29 is 8.42 Å². The van der Waals surface area contributed by atoms with Crippen LogP contribution in [0.4, 0.5) is 5.69 Å². The van der Waals surface area contributed by atoms with E-state index in [9.17, 15) is 8.42 Å². The summed E-state index contributed by atoms with van der Waals surface area (Å²) in [4.78, 5) is 0. The van der Waals surface area contributed by atoms with Crippen LogP contribution in [0.25, 0.3) is 0 Å². The van der Waals surface area contributed by atoms with Gasteiger partial charge in [0.2, 0.25) is 0 Å². The highest BCUT2D eigenvalue weighted by molar-refractivity contribution is 7.92. The second kappa shape index (κ2) is 6.73. The first kappa shape index (κ1) is 15.5. The number of hydrogen-bond acceptors (Lipinski definition) is 4. The number of anilines is 1. The molecule has 2 rings (SSSR count). The summed E-state index contributed by atoms with van der Waals surface area (Å²) in [5.41, 5.74) is 1.26. The van der Waals surface area contributed by atoms with E-state index in [-0.39, 0.29) is 5.03 Å². The van der Waals surface area contributed by atoms with Gasteiger partial charge < -0.3 is 5.32 Å². The number of rotatable bonds is 7. The molecule has 0 amide bonds. The van der Waals surface area contributed by atoms with Crippen molar-refractivity contribution in [2.24, 2.45) is 0 Å². The van der Waals surface area contributed by atoms with Crippen LogP contribution in [-0.4, -0.2) is 32.2 Å². The topological polar surface area (TPSA) is 78.1 Å². The average Bonchev–Trinajstić information content (AvgIpc) is 2.97. The molecule has 0 radical (unpaired) electrons.